The van der Waals surface area contributed by atoms with Crippen LogP contribution in [-0.4, -0.2) is 5.11 Å². The van der Waals surface area contributed by atoms with Gasteiger partial charge >= 0.3 is 0 Å². The Labute approximate surface area is 89.1 Å². The predicted molar refractivity (Wildman–Crippen MR) is 58.3 cm³/mol. The third-order valence-electron chi connectivity index (χ3n) is 1.92. The van der Waals surface area contributed by atoms with E-state index in [-0.39, 0.29) is 5.75 Å². The number of phenolic OH excluding ortho intramolecular Hbond substituents is 1. The lowest BCUT2D eigenvalue weighted by atomic mass is 10.1. The van der Waals surface area contributed by atoms with Crippen molar-refractivity contribution < 1.29 is 5.11 Å². The van der Waals surface area contributed by atoms with E-state index in [0.717, 1.165) is 10.8 Å². The number of halogens is 2. The second-order valence-corrected chi connectivity index (χ2v) is 3.94. The first-order valence-electron chi connectivity index (χ1n) is 3.76. The van der Waals surface area contributed by atoms with Gasteiger partial charge in [0.25, 0.3) is 0 Å². The second-order valence-electron chi connectivity index (χ2n) is 2.74. The van der Waals surface area contributed by atoms with Gasteiger partial charge in [0, 0.05) is 5.39 Å². The number of phenols is 1. The molecule has 0 aliphatic heterocycles. The molecular weight excluding hydrogens is 251 g/mol. The summed E-state index contributed by atoms with van der Waals surface area (Å²) in [5, 5.41) is 12.0. The summed E-state index contributed by atoms with van der Waals surface area (Å²) < 4.78 is 0.549. The first-order chi connectivity index (χ1) is 6.20. The molecule has 0 heterocycles. The largest absolute Gasteiger partial charge is 0.506 e. The van der Waals surface area contributed by atoms with Gasteiger partial charge in [-0.25, -0.2) is 0 Å². The average molecular weight is 258 g/mol. The van der Waals surface area contributed by atoms with Gasteiger partial charge in [-0.15, -0.1) is 0 Å². The Morgan fingerprint density at radius 3 is 2.69 bits per heavy atom. The fourth-order valence-corrected chi connectivity index (χ4v) is 1.80. The third-order valence-corrected chi connectivity index (χ3v) is 3.24. The lowest BCUT2D eigenvalue weighted by Gasteiger charge is -2.04. The van der Waals surface area contributed by atoms with Gasteiger partial charge in [-0.1, -0.05) is 35.9 Å². The van der Waals surface area contributed by atoms with E-state index in [2.05, 4.69) is 15.9 Å². The Balaban J connectivity index is 2.94. The number of aromatic hydroxyl groups is 1. The molecule has 2 rings (SSSR count). The SMILES string of the molecule is Oc1c(Br)c(Cl)cc2ccccc12. The van der Waals surface area contributed by atoms with Crippen LogP contribution in [0.15, 0.2) is 34.8 Å². The van der Waals surface area contributed by atoms with Crippen molar-refractivity contribution in [1.29, 1.82) is 0 Å². The summed E-state index contributed by atoms with van der Waals surface area (Å²) in [6.07, 6.45) is 0. The maximum Gasteiger partial charge on any atom is 0.139 e. The zero-order chi connectivity index (χ0) is 9.42. The van der Waals surface area contributed by atoms with Crippen LogP contribution in [-0.2, 0) is 0 Å². The van der Waals surface area contributed by atoms with Crippen LogP contribution in [0.5, 0.6) is 5.75 Å². The molecule has 0 aromatic heterocycles. The van der Waals surface area contributed by atoms with Gasteiger partial charge in [0.15, 0.2) is 0 Å². The lowest BCUT2D eigenvalue weighted by molar-refractivity contribution is 0.478. The van der Waals surface area contributed by atoms with E-state index in [0.29, 0.717) is 9.50 Å². The van der Waals surface area contributed by atoms with Crippen LogP contribution in [0.4, 0.5) is 0 Å². The van der Waals surface area contributed by atoms with Crippen molar-refractivity contribution in [2.45, 2.75) is 0 Å². The zero-order valence-corrected chi connectivity index (χ0v) is 8.93. The van der Waals surface area contributed by atoms with E-state index in [4.69, 9.17) is 11.6 Å². The molecule has 0 amide bonds. The van der Waals surface area contributed by atoms with E-state index in [1.54, 1.807) is 0 Å². The molecule has 0 spiro atoms. The van der Waals surface area contributed by atoms with Crippen molar-refractivity contribution >= 4 is 38.3 Å². The maximum atomic E-state index is 9.71. The molecule has 0 aliphatic rings. The monoisotopic (exact) mass is 256 g/mol. The van der Waals surface area contributed by atoms with Crippen molar-refractivity contribution in [1.82, 2.24) is 0 Å². The van der Waals surface area contributed by atoms with Crippen molar-refractivity contribution in [3.8, 4) is 5.75 Å². The number of benzene rings is 2. The van der Waals surface area contributed by atoms with Crippen molar-refractivity contribution in [3.63, 3.8) is 0 Å². The van der Waals surface area contributed by atoms with Crippen molar-refractivity contribution in [2.24, 2.45) is 0 Å². The van der Waals surface area contributed by atoms with Gasteiger partial charge in [0.1, 0.15) is 5.75 Å². The summed E-state index contributed by atoms with van der Waals surface area (Å²) in [5.41, 5.74) is 0. The van der Waals surface area contributed by atoms with Crippen LogP contribution in [0.3, 0.4) is 0 Å². The van der Waals surface area contributed by atoms with E-state index >= 15 is 0 Å². The summed E-state index contributed by atoms with van der Waals surface area (Å²) in [5.74, 6) is 0.197. The standard InChI is InChI=1S/C10H6BrClO/c11-9-8(12)5-6-3-1-2-4-7(6)10(9)13/h1-5,13H. The van der Waals surface area contributed by atoms with E-state index in [1.807, 2.05) is 30.3 Å². The molecule has 0 saturated carbocycles. The molecule has 0 unspecified atom stereocenters. The zero-order valence-electron chi connectivity index (χ0n) is 6.59. The quantitative estimate of drug-likeness (QED) is 0.757. The van der Waals surface area contributed by atoms with Gasteiger partial charge in [0.05, 0.1) is 9.50 Å². The molecule has 2 aromatic rings. The van der Waals surface area contributed by atoms with Crippen LogP contribution in [0.2, 0.25) is 5.02 Å². The molecule has 1 nitrogen and oxygen atoms in total. The molecule has 0 saturated heterocycles. The van der Waals surface area contributed by atoms with Gasteiger partial charge in [-0.05, 0) is 27.4 Å². The fraction of sp³-hybridized carbons (Fsp3) is 0. The topological polar surface area (TPSA) is 20.2 Å². The van der Waals surface area contributed by atoms with E-state index in [9.17, 15) is 5.11 Å². The number of rotatable bonds is 0. The summed E-state index contributed by atoms with van der Waals surface area (Å²) in [6.45, 7) is 0. The lowest BCUT2D eigenvalue weighted by Crippen LogP contribution is -1.76. The summed E-state index contributed by atoms with van der Waals surface area (Å²) in [7, 11) is 0. The molecule has 2 aromatic carbocycles. The van der Waals surface area contributed by atoms with Crippen molar-refractivity contribution in [2.75, 3.05) is 0 Å². The third kappa shape index (κ3) is 1.40. The first kappa shape index (κ1) is 8.85. The summed E-state index contributed by atoms with van der Waals surface area (Å²) >= 11 is 9.10. The highest BCUT2D eigenvalue weighted by atomic mass is 79.9. The van der Waals surface area contributed by atoms with Gasteiger partial charge < -0.3 is 5.11 Å². The van der Waals surface area contributed by atoms with Crippen LogP contribution in [0, 0.1) is 0 Å². The van der Waals surface area contributed by atoms with Crippen LogP contribution in [0.25, 0.3) is 10.8 Å². The molecule has 13 heavy (non-hydrogen) atoms. The Bertz CT molecular complexity index is 468. The van der Waals surface area contributed by atoms with Gasteiger partial charge in [0.2, 0.25) is 0 Å². The molecule has 0 fully saturated rings. The normalized spacial score (nSPS) is 10.6. The molecule has 0 radical (unpaired) electrons. The van der Waals surface area contributed by atoms with Crippen LogP contribution in [0.1, 0.15) is 0 Å². The first-order valence-corrected chi connectivity index (χ1v) is 4.93. The minimum atomic E-state index is 0.197. The Morgan fingerprint density at radius 1 is 1.23 bits per heavy atom. The Kier molecular flexibility index (Phi) is 2.18. The maximum absolute atomic E-state index is 9.71. The predicted octanol–water partition coefficient (Wildman–Crippen LogP) is 3.96. The van der Waals surface area contributed by atoms with Gasteiger partial charge in [-0.2, -0.15) is 0 Å². The smallest absolute Gasteiger partial charge is 0.139 e. The Morgan fingerprint density at radius 2 is 1.92 bits per heavy atom. The molecule has 1 N–H and O–H groups in total. The number of fused-ring (bicyclic) bond motifs is 1. The molecule has 3 heteroatoms. The average Bonchev–Trinajstić information content (AvgIpc) is 2.15. The number of hydrogen-bond acceptors (Lipinski definition) is 1. The highest BCUT2D eigenvalue weighted by Crippen LogP contribution is 2.38. The molecular formula is C10H6BrClO. The van der Waals surface area contributed by atoms with Crippen LogP contribution < -0.4 is 0 Å². The fourth-order valence-electron chi connectivity index (χ4n) is 1.27. The summed E-state index contributed by atoms with van der Waals surface area (Å²) in [4.78, 5) is 0. The summed E-state index contributed by atoms with van der Waals surface area (Å²) in [6, 6.07) is 9.37. The highest BCUT2D eigenvalue weighted by molar-refractivity contribution is 9.10. The van der Waals surface area contributed by atoms with E-state index < -0.39 is 0 Å². The minimum Gasteiger partial charge on any atom is -0.506 e. The minimum absolute atomic E-state index is 0.197. The highest BCUT2D eigenvalue weighted by Gasteiger charge is 2.07. The van der Waals surface area contributed by atoms with Crippen LogP contribution >= 0.6 is 27.5 Å². The Hall–Kier alpha value is -0.730. The molecule has 66 valence electrons. The number of hydrogen-bond donors (Lipinski definition) is 1. The molecule has 0 atom stereocenters. The van der Waals surface area contributed by atoms with Gasteiger partial charge in [-0.3, -0.25) is 0 Å². The molecule has 0 aliphatic carbocycles. The van der Waals surface area contributed by atoms with Crippen molar-refractivity contribution in [3.05, 3.63) is 39.8 Å². The second kappa shape index (κ2) is 3.20. The molecule has 0 bridgehead atoms. The van der Waals surface area contributed by atoms with E-state index in [1.165, 1.54) is 0 Å².